The molecular weight excluding hydrogens is 252 g/mol. The average Bonchev–Trinajstić information content (AvgIpc) is 2.43. The third kappa shape index (κ3) is 2.23. The van der Waals surface area contributed by atoms with E-state index in [9.17, 15) is 0 Å². The first kappa shape index (κ1) is 12.0. The molecule has 98 valence electrons. The Labute approximate surface area is 111 Å². The Hall–Kier alpha value is -1.11. The first-order valence-corrected chi connectivity index (χ1v) is 6.62. The van der Waals surface area contributed by atoms with Gasteiger partial charge >= 0.3 is 0 Å². The van der Waals surface area contributed by atoms with Gasteiger partial charge in [0.05, 0.1) is 6.20 Å². The molecule has 3 saturated heterocycles. The molecule has 0 aliphatic carbocycles. The number of hydrogen-bond acceptors (Lipinski definition) is 6. The number of hydrazine groups is 1. The average molecular weight is 269 g/mol. The summed E-state index contributed by atoms with van der Waals surface area (Å²) in [5.41, 5.74) is 2.43. The maximum atomic E-state index is 6.10. The fraction of sp³-hybridized carbons (Fsp3) is 0.636. The van der Waals surface area contributed by atoms with E-state index in [1.807, 2.05) is 0 Å². The van der Waals surface area contributed by atoms with Gasteiger partial charge in [0.25, 0.3) is 0 Å². The minimum Gasteiger partial charge on any atom is -0.364 e. The molecule has 3 fully saturated rings. The number of nitrogen functional groups attached to an aromatic ring is 1. The Bertz CT molecular complexity index is 432. The molecule has 7 heteroatoms. The predicted molar refractivity (Wildman–Crippen MR) is 71.4 cm³/mol. The van der Waals surface area contributed by atoms with Crippen molar-refractivity contribution in [2.45, 2.75) is 18.9 Å². The van der Waals surface area contributed by atoms with Crippen LogP contribution in [-0.4, -0.2) is 40.5 Å². The van der Waals surface area contributed by atoms with Crippen LogP contribution in [0.1, 0.15) is 12.8 Å². The number of halogens is 1. The number of anilines is 2. The largest absolute Gasteiger partial charge is 0.364 e. The first-order valence-electron chi connectivity index (χ1n) is 6.24. The number of rotatable bonds is 3. The van der Waals surface area contributed by atoms with Crippen molar-refractivity contribution in [2.24, 2.45) is 11.8 Å². The van der Waals surface area contributed by atoms with Gasteiger partial charge in [-0.1, -0.05) is 11.6 Å². The molecule has 0 spiro atoms. The number of aromatic nitrogens is 2. The van der Waals surface area contributed by atoms with E-state index in [-0.39, 0.29) is 0 Å². The lowest BCUT2D eigenvalue weighted by Crippen LogP contribution is -2.53. The van der Waals surface area contributed by atoms with E-state index in [1.54, 1.807) is 6.20 Å². The lowest BCUT2D eigenvalue weighted by atomic mass is 9.84. The van der Waals surface area contributed by atoms with E-state index < -0.39 is 0 Å². The maximum Gasteiger partial charge on any atom is 0.239 e. The van der Waals surface area contributed by atoms with Crippen molar-refractivity contribution >= 4 is 23.4 Å². The predicted octanol–water partition coefficient (Wildman–Crippen LogP) is 0.922. The van der Waals surface area contributed by atoms with Gasteiger partial charge in [-0.25, -0.2) is 10.8 Å². The van der Waals surface area contributed by atoms with Gasteiger partial charge in [0.2, 0.25) is 5.95 Å². The highest BCUT2D eigenvalue weighted by atomic mass is 35.5. The van der Waals surface area contributed by atoms with Crippen molar-refractivity contribution in [1.29, 1.82) is 0 Å². The quantitative estimate of drug-likeness (QED) is 0.559. The summed E-state index contributed by atoms with van der Waals surface area (Å²) in [5.74, 6) is 7.07. The van der Waals surface area contributed by atoms with Gasteiger partial charge in [0.15, 0.2) is 5.82 Å². The molecule has 4 rings (SSSR count). The normalized spacial score (nSPS) is 30.2. The highest BCUT2D eigenvalue weighted by Gasteiger charge is 2.34. The molecule has 1 atom stereocenters. The van der Waals surface area contributed by atoms with E-state index in [1.165, 1.54) is 25.9 Å². The number of nitrogens with two attached hydrogens (primary N) is 1. The monoisotopic (exact) mass is 268 g/mol. The van der Waals surface area contributed by atoms with Crippen molar-refractivity contribution < 1.29 is 0 Å². The summed E-state index contributed by atoms with van der Waals surface area (Å²) in [4.78, 5) is 10.7. The van der Waals surface area contributed by atoms with Gasteiger partial charge in [-0.05, 0) is 31.8 Å². The molecule has 4 heterocycles. The number of fused-ring (bicyclic) bond motifs is 3. The molecule has 0 aromatic carbocycles. The van der Waals surface area contributed by atoms with Crippen LogP contribution in [0.15, 0.2) is 6.20 Å². The molecule has 2 bridgehead atoms. The third-order valence-electron chi connectivity index (χ3n) is 3.85. The number of hydrogen-bond donors (Lipinski definition) is 3. The van der Waals surface area contributed by atoms with Gasteiger partial charge in [0.1, 0.15) is 5.02 Å². The summed E-state index contributed by atoms with van der Waals surface area (Å²) in [6.07, 6.45) is 4.07. The Balaban J connectivity index is 1.76. The second kappa shape index (κ2) is 4.87. The van der Waals surface area contributed by atoms with Crippen LogP contribution in [0.25, 0.3) is 0 Å². The van der Waals surface area contributed by atoms with Gasteiger partial charge in [0, 0.05) is 12.6 Å². The zero-order chi connectivity index (χ0) is 12.5. The summed E-state index contributed by atoms with van der Waals surface area (Å²) < 4.78 is 0. The summed E-state index contributed by atoms with van der Waals surface area (Å²) in [6.45, 7) is 3.50. The highest BCUT2D eigenvalue weighted by Crippen LogP contribution is 2.31. The number of piperidine rings is 3. The van der Waals surface area contributed by atoms with Crippen molar-refractivity contribution in [3.05, 3.63) is 11.2 Å². The van der Waals surface area contributed by atoms with Crippen molar-refractivity contribution in [3.8, 4) is 0 Å². The molecule has 1 aromatic heterocycles. The topological polar surface area (TPSA) is 79.1 Å². The van der Waals surface area contributed by atoms with Crippen LogP contribution in [0.5, 0.6) is 0 Å². The van der Waals surface area contributed by atoms with Gasteiger partial charge in [-0.15, -0.1) is 0 Å². The van der Waals surface area contributed by atoms with Crippen molar-refractivity contribution in [3.63, 3.8) is 0 Å². The molecule has 0 radical (unpaired) electrons. The number of nitrogens with one attached hydrogen (secondary N) is 2. The third-order valence-corrected chi connectivity index (χ3v) is 4.13. The Kier molecular flexibility index (Phi) is 3.23. The van der Waals surface area contributed by atoms with E-state index in [2.05, 4.69) is 25.6 Å². The Morgan fingerprint density at radius 2 is 2.17 bits per heavy atom. The molecule has 18 heavy (non-hydrogen) atoms. The summed E-state index contributed by atoms with van der Waals surface area (Å²) in [7, 11) is 0. The van der Waals surface area contributed by atoms with E-state index >= 15 is 0 Å². The van der Waals surface area contributed by atoms with Crippen LogP contribution < -0.4 is 16.6 Å². The van der Waals surface area contributed by atoms with Crippen molar-refractivity contribution in [2.75, 3.05) is 30.4 Å². The van der Waals surface area contributed by atoms with Crippen LogP contribution in [0.2, 0.25) is 5.02 Å². The molecular formula is C11H17ClN6. The molecule has 3 aliphatic heterocycles. The van der Waals surface area contributed by atoms with Crippen LogP contribution >= 0.6 is 11.6 Å². The lowest BCUT2D eigenvalue weighted by Gasteiger charge is -2.45. The Morgan fingerprint density at radius 1 is 1.39 bits per heavy atom. The maximum absolute atomic E-state index is 6.10. The lowest BCUT2D eigenvalue weighted by molar-refractivity contribution is 0.0974. The number of nitrogens with zero attached hydrogens (tertiary/aromatic N) is 3. The molecule has 4 N–H and O–H groups in total. The molecule has 1 aromatic rings. The molecule has 0 amide bonds. The molecule has 6 nitrogen and oxygen atoms in total. The fourth-order valence-electron chi connectivity index (χ4n) is 2.84. The summed E-state index contributed by atoms with van der Waals surface area (Å²) in [6, 6.07) is 0.422. The fourth-order valence-corrected chi connectivity index (χ4v) is 2.99. The van der Waals surface area contributed by atoms with Gasteiger partial charge in [-0.2, -0.15) is 4.98 Å². The van der Waals surface area contributed by atoms with Crippen LogP contribution in [-0.2, 0) is 0 Å². The standard InChI is InChI=1S/C11H17ClN6/c12-8-5-14-11(17-13)16-10(8)15-9-6-18-3-1-7(9)2-4-18/h5,7,9H,1-4,6,13H2,(H2,14,15,16,17). The van der Waals surface area contributed by atoms with Gasteiger partial charge < -0.3 is 10.2 Å². The van der Waals surface area contributed by atoms with E-state index in [4.69, 9.17) is 17.4 Å². The highest BCUT2D eigenvalue weighted by molar-refractivity contribution is 6.32. The zero-order valence-corrected chi connectivity index (χ0v) is 10.8. The smallest absolute Gasteiger partial charge is 0.239 e. The van der Waals surface area contributed by atoms with E-state index in [0.29, 0.717) is 22.8 Å². The summed E-state index contributed by atoms with van der Waals surface area (Å²) in [5, 5.41) is 3.97. The van der Waals surface area contributed by atoms with Crippen molar-refractivity contribution in [1.82, 2.24) is 14.9 Å². The molecule has 3 aliphatic rings. The molecule has 0 saturated carbocycles. The van der Waals surface area contributed by atoms with Gasteiger partial charge in [-0.3, -0.25) is 5.43 Å². The zero-order valence-electron chi connectivity index (χ0n) is 10.1. The second-order valence-electron chi connectivity index (χ2n) is 4.92. The van der Waals surface area contributed by atoms with E-state index in [0.717, 1.165) is 12.5 Å². The minimum absolute atomic E-state index is 0.378. The summed E-state index contributed by atoms with van der Waals surface area (Å²) >= 11 is 6.10. The minimum atomic E-state index is 0.378. The Morgan fingerprint density at radius 3 is 2.78 bits per heavy atom. The molecule has 1 unspecified atom stereocenters. The first-order chi connectivity index (χ1) is 8.76. The van der Waals surface area contributed by atoms with Crippen LogP contribution in [0.4, 0.5) is 11.8 Å². The van der Waals surface area contributed by atoms with Crippen LogP contribution in [0.3, 0.4) is 0 Å². The van der Waals surface area contributed by atoms with Crippen LogP contribution in [0, 0.1) is 5.92 Å². The SMILES string of the molecule is NNc1ncc(Cl)c(NC2CN3CCC2CC3)n1. The second-order valence-corrected chi connectivity index (χ2v) is 5.33.